The molecule has 1 heterocycles. The second-order valence-electron chi connectivity index (χ2n) is 7.61. The Hall–Kier alpha value is -3.00. The molecule has 4 aromatic rings. The molecule has 3 aromatic carbocycles. The number of hydrogen-bond acceptors (Lipinski definition) is 3. The first-order valence-corrected chi connectivity index (χ1v) is 11.7. The molecule has 7 heteroatoms. The van der Waals surface area contributed by atoms with Crippen LogP contribution in [0.2, 0.25) is 0 Å². The minimum absolute atomic E-state index is 0.443. The number of nitrogens with zero attached hydrogens (tertiary/aromatic N) is 2. The van der Waals surface area contributed by atoms with E-state index in [0.717, 1.165) is 40.7 Å². The molecule has 0 aliphatic carbocycles. The third kappa shape index (κ3) is 5.19. The molecule has 0 aliphatic rings. The van der Waals surface area contributed by atoms with Crippen molar-refractivity contribution in [2.24, 2.45) is 0 Å². The number of benzene rings is 3. The first kappa shape index (κ1) is 21.2. The highest BCUT2D eigenvalue weighted by atomic mass is 32.2. The van der Waals surface area contributed by atoms with E-state index < -0.39 is 16.3 Å². The fourth-order valence-electron chi connectivity index (χ4n) is 3.81. The third-order valence-electron chi connectivity index (χ3n) is 5.35. The Kier molecular flexibility index (Phi) is 6.18. The van der Waals surface area contributed by atoms with E-state index >= 15 is 0 Å². The van der Waals surface area contributed by atoms with Crippen LogP contribution in [0.4, 0.5) is 0 Å². The minimum Gasteiger partial charge on any atom is -0.326 e. The zero-order valence-corrected chi connectivity index (χ0v) is 18.1. The molecule has 6 nitrogen and oxygen atoms in total. The molecule has 1 unspecified atom stereocenters. The van der Waals surface area contributed by atoms with E-state index in [1.54, 1.807) is 0 Å². The van der Waals surface area contributed by atoms with Gasteiger partial charge in [0.2, 0.25) is 0 Å². The zero-order chi connectivity index (χ0) is 21.8. The predicted molar refractivity (Wildman–Crippen MR) is 123 cm³/mol. The SMILES string of the molecule is CCCC(NS(=O)(=O)O)c1ccc(-c2ccc(Cn3cnc4ccccc43)cc2)cc1. The van der Waals surface area contributed by atoms with Gasteiger partial charge < -0.3 is 4.57 Å². The lowest BCUT2D eigenvalue weighted by Gasteiger charge is -2.17. The van der Waals surface area contributed by atoms with Gasteiger partial charge in [-0.2, -0.15) is 13.1 Å². The van der Waals surface area contributed by atoms with E-state index in [4.69, 9.17) is 4.55 Å². The van der Waals surface area contributed by atoms with Crippen LogP contribution in [0.15, 0.2) is 79.1 Å². The summed E-state index contributed by atoms with van der Waals surface area (Å²) in [5, 5.41) is 0. The number of nitrogens with one attached hydrogen (secondary N) is 1. The molecule has 4 rings (SSSR count). The number of para-hydroxylation sites is 2. The van der Waals surface area contributed by atoms with Crippen LogP contribution in [-0.2, 0) is 16.8 Å². The van der Waals surface area contributed by atoms with Crippen molar-refractivity contribution in [2.45, 2.75) is 32.4 Å². The number of imidazole rings is 1. The topological polar surface area (TPSA) is 84.2 Å². The molecule has 0 fully saturated rings. The van der Waals surface area contributed by atoms with Gasteiger partial charge in [-0.25, -0.2) is 4.98 Å². The molecular formula is C24H25N3O3S. The minimum atomic E-state index is -4.25. The van der Waals surface area contributed by atoms with Crippen LogP contribution in [0, 0.1) is 0 Å². The molecule has 31 heavy (non-hydrogen) atoms. The van der Waals surface area contributed by atoms with Crippen LogP contribution in [0.5, 0.6) is 0 Å². The lowest BCUT2D eigenvalue weighted by atomic mass is 9.98. The monoisotopic (exact) mass is 435 g/mol. The van der Waals surface area contributed by atoms with Crippen molar-refractivity contribution < 1.29 is 13.0 Å². The van der Waals surface area contributed by atoms with Crippen molar-refractivity contribution in [2.75, 3.05) is 0 Å². The molecule has 0 saturated carbocycles. The summed E-state index contributed by atoms with van der Waals surface area (Å²) in [6.45, 7) is 2.72. The van der Waals surface area contributed by atoms with E-state index in [-0.39, 0.29) is 0 Å². The fourth-order valence-corrected chi connectivity index (χ4v) is 4.42. The number of rotatable bonds is 8. The molecule has 0 saturated heterocycles. The molecule has 2 N–H and O–H groups in total. The van der Waals surface area contributed by atoms with Crippen molar-refractivity contribution in [3.63, 3.8) is 0 Å². The molecule has 1 atom stereocenters. The summed E-state index contributed by atoms with van der Waals surface area (Å²) in [4.78, 5) is 4.44. The second-order valence-corrected chi connectivity index (χ2v) is 8.80. The Morgan fingerprint density at radius 2 is 1.61 bits per heavy atom. The van der Waals surface area contributed by atoms with Crippen molar-refractivity contribution in [3.05, 3.63) is 90.3 Å². The van der Waals surface area contributed by atoms with Gasteiger partial charge in [-0.05, 0) is 40.8 Å². The molecule has 0 spiro atoms. The molecule has 0 bridgehead atoms. The van der Waals surface area contributed by atoms with Gasteiger partial charge in [0.05, 0.1) is 17.4 Å². The average molecular weight is 436 g/mol. The van der Waals surface area contributed by atoms with Crippen LogP contribution in [-0.4, -0.2) is 22.5 Å². The summed E-state index contributed by atoms with van der Waals surface area (Å²) < 4.78 is 36.0. The van der Waals surface area contributed by atoms with Gasteiger partial charge in [0.25, 0.3) is 0 Å². The van der Waals surface area contributed by atoms with E-state index in [1.807, 2.05) is 55.7 Å². The van der Waals surface area contributed by atoms with Gasteiger partial charge in [0.15, 0.2) is 0 Å². The van der Waals surface area contributed by atoms with Crippen molar-refractivity contribution >= 4 is 21.3 Å². The maximum atomic E-state index is 11.2. The normalized spacial score (nSPS) is 12.8. The van der Waals surface area contributed by atoms with Gasteiger partial charge >= 0.3 is 10.3 Å². The maximum Gasteiger partial charge on any atom is 0.333 e. The highest BCUT2D eigenvalue weighted by Gasteiger charge is 2.16. The standard InChI is InChI=1S/C24H25N3O3S/c1-2-5-22(26-31(28,29)30)21-14-12-20(13-15-21)19-10-8-18(9-11-19)16-27-17-25-23-6-3-4-7-24(23)27/h3-4,6-15,17,22,26H,2,5,16H2,1H3,(H,28,29,30). The van der Waals surface area contributed by atoms with Gasteiger partial charge in [0, 0.05) is 12.6 Å². The Balaban J connectivity index is 1.50. The first-order valence-electron chi connectivity index (χ1n) is 10.3. The van der Waals surface area contributed by atoms with Gasteiger partial charge in [-0.15, -0.1) is 0 Å². The van der Waals surface area contributed by atoms with E-state index in [1.165, 1.54) is 5.56 Å². The van der Waals surface area contributed by atoms with E-state index in [2.05, 4.69) is 44.6 Å². The van der Waals surface area contributed by atoms with Crippen molar-refractivity contribution in [3.8, 4) is 11.1 Å². The van der Waals surface area contributed by atoms with Crippen molar-refractivity contribution in [1.82, 2.24) is 14.3 Å². The summed E-state index contributed by atoms with van der Waals surface area (Å²) >= 11 is 0. The largest absolute Gasteiger partial charge is 0.333 e. The highest BCUT2D eigenvalue weighted by Crippen LogP contribution is 2.25. The quantitative estimate of drug-likeness (QED) is 0.382. The smallest absolute Gasteiger partial charge is 0.326 e. The summed E-state index contributed by atoms with van der Waals surface area (Å²) in [6.07, 6.45) is 3.27. The van der Waals surface area contributed by atoms with Crippen LogP contribution >= 0.6 is 0 Å². The molecule has 0 amide bonds. The van der Waals surface area contributed by atoms with E-state index in [9.17, 15) is 8.42 Å². The number of fused-ring (bicyclic) bond motifs is 1. The number of aromatic nitrogens is 2. The summed E-state index contributed by atoms with van der Waals surface area (Å²) in [7, 11) is -4.25. The summed E-state index contributed by atoms with van der Waals surface area (Å²) in [6, 6.07) is 23.8. The van der Waals surface area contributed by atoms with Gasteiger partial charge in [-0.1, -0.05) is 74.0 Å². The van der Waals surface area contributed by atoms with Crippen LogP contribution < -0.4 is 4.72 Å². The fraction of sp³-hybridized carbons (Fsp3) is 0.208. The van der Waals surface area contributed by atoms with Gasteiger partial charge in [-0.3, -0.25) is 4.55 Å². The van der Waals surface area contributed by atoms with E-state index in [0.29, 0.717) is 6.42 Å². The average Bonchev–Trinajstić information content (AvgIpc) is 3.16. The third-order valence-corrected chi connectivity index (χ3v) is 5.93. The van der Waals surface area contributed by atoms with Crippen molar-refractivity contribution in [1.29, 1.82) is 0 Å². The zero-order valence-electron chi connectivity index (χ0n) is 17.3. The van der Waals surface area contributed by atoms with Crippen LogP contribution in [0.3, 0.4) is 0 Å². The molecular weight excluding hydrogens is 410 g/mol. The molecule has 0 aliphatic heterocycles. The molecule has 1 aromatic heterocycles. The lowest BCUT2D eigenvalue weighted by Crippen LogP contribution is -2.27. The second kappa shape index (κ2) is 9.01. The molecule has 160 valence electrons. The maximum absolute atomic E-state index is 11.2. The summed E-state index contributed by atoms with van der Waals surface area (Å²) in [5.41, 5.74) is 6.24. The summed E-state index contributed by atoms with van der Waals surface area (Å²) in [5.74, 6) is 0. The van der Waals surface area contributed by atoms with Crippen LogP contribution in [0.25, 0.3) is 22.2 Å². The number of hydrogen-bond donors (Lipinski definition) is 2. The molecule has 0 radical (unpaired) electrons. The Labute approximate surface area is 182 Å². The Morgan fingerprint density at radius 1 is 0.968 bits per heavy atom. The predicted octanol–water partition coefficient (Wildman–Crippen LogP) is 4.99. The van der Waals surface area contributed by atoms with Gasteiger partial charge in [0.1, 0.15) is 0 Å². The Morgan fingerprint density at radius 3 is 2.26 bits per heavy atom. The van der Waals surface area contributed by atoms with Crippen LogP contribution in [0.1, 0.15) is 36.9 Å². The highest BCUT2D eigenvalue weighted by molar-refractivity contribution is 7.83. The Bertz CT molecular complexity index is 1260. The lowest BCUT2D eigenvalue weighted by molar-refractivity contribution is 0.446. The first-order chi connectivity index (χ1) is 14.9.